The molecule has 0 saturated heterocycles. The molecule has 0 aliphatic heterocycles. The maximum atomic E-state index is 12.6. The molecule has 4 aromatic rings. The highest BCUT2D eigenvalue weighted by Crippen LogP contribution is 2.35. The van der Waals surface area contributed by atoms with E-state index < -0.39 is 0 Å². The van der Waals surface area contributed by atoms with Crippen LogP contribution in [0.1, 0.15) is 42.1 Å². The summed E-state index contributed by atoms with van der Waals surface area (Å²) in [6.07, 6.45) is 5.35. The normalized spacial score (nSPS) is 10.9. The lowest BCUT2D eigenvalue weighted by molar-refractivity contribution is -0.116. The number of nitrogens with one attached hydrogen (secondary N) is 2. The van der Waals surface area contributed by atoms with Gasteiger partial charge in [-0.2, -0.15) is 5.26 Å². The summed E-state index contributed by atoms with van der Waals surface area (Å²) in [6.45, 7) is 5.15. The van der Waals surface area contributed by atoms with E-state index in [0.29, 0.717) is 57.3 Å². The number of carbonyl (C=O) groups is 1. The first-order valence-electron chi connectivity index (χ1n) is 13.2. The van der Waals surface area contributed by atoms with E-state index >= 15 is 0 Å². The second-order valence-electron chi connectivity index (χ2n) is 9.82. The van der Waals surface area contributed by atoms with Crippen molar-refractivity contribution in [1.82, 2.24) is 14.9 Å². The zero-order valence-electron chi connectivity index (χ0n) is 23.2. The van der Waals surface area contributed by atoms with Gasteiger partial charge in [0, 0.05) is 35.6 Å². The molecule has 0 atom stereocenters. The van der Waals surface area contributed by atoms with E-state index in [1.807, 2.05) is 51.4 Å². The molecule has 2 heterocycles. The fourth-order valence-corrected chi connectivity index (χ4v) is 4.61. The first kappa shape index (κ1) is 28.8. The maximum absolute atomic E-state index is 12.6. The third-order valence-electron chi connectivity index (χ3n) is 6.55. The van der Waals surface area contributed by atoms with Gasteiger partial charge in [0.05, 0.1) is 27.5 Å². The van der Waals surface area contributed by atoms with Crippen LogP contribution in [0.25, 0.3) is 10.9 Å². The Morgan fingerprint density at radius 3 is 2.73 bits per heavy atom. The van der Waals surface area contributed by atoms with Gasteiger partial charge in [0.2, 0.25) is 5.91 Å². The third-order valence-corrected chi connectivity index (χ3v) is 6.84. The zero-order chi connectivity index (χ0) is 28.6. The molecule has 0 bridgehead atoms. The number of benzene rings is 2. The number of ether oxygens (including phenoxy) is 1. The molecule has 2 aromatic heterocycles. The molecule has 0 aliphatic carbocycles. The van der Waals surface area contributed by atoms with Crippen molar-refractivity contribution in [3.63, 3.8) is 0 Å². The van der Waals surface area contributed by atoms with Crippen LogP contribution in [0.15, 0.2) is 54.9 Å². The molecule has 0 spiro atoms. The number of pyridine rings is 2. The lowest BCUT2D eigenvalue weighted by Gasteiger charge is -2.16. The van der Waals surface area contributed by atoms with E-state index in [9.17, 15) is 10.1 Å². The number of fused-ring (bicyclic) bond motifs is 1. The lowest BCUT2D eigenvalue weighted by Crippen LogP contribution is -2.17. The van der Waals surface area contributed by atoms with Crippen LogP contribution in [0.3, 0.4) is 0 Å². The van der Waals surface area contributed by atoms with Crippen LogP contribution in [0.5, 0.6) is 5.75 Å². The Kier molecular flexibility index (Phi) is 9.54. The summed E-state index contributed by atoms with van der Waals surface area (Å²) in [4.78, 5) is 23.5. The summed E-state index contributed by atoms with van der Waals surface area (Å²) in [5, 5.41) is 17.3. The number of nitriles is 1. The number of nitrogens with zero attached hydrogens (tertiary/aromatic N) is 4. The minimum atomic E-state index is -0.0534. The van der Waals surface area contributed by atoms with Crippen LogP contribution >= 0.6 is 11.6 Å². The van der Waals surface area contributed by atoms with Crippen molar-refractivity contribution in [3.05, 3.63) is 82.3 Å². The fraction of sp³-hybridized carbons (Fsp3) is 0.290. The summed E-state index contributed by atoms with van der Waals surface area (Å²) < 4.78 is 5.97. The van der Waals surface area contributed by atoms with E-state index in [1.54, 1.807) is 24.5 Å². The number of aryl methyl sites for hydroxylation is 2. The highest BCUT2D eigenvalue weighted by Gasteiger charge is 2.15. The van der Waals surface area contributed by atoms with Gasteiger partial charge in [-0.1, -0.05) is 24.6 Å². The van der Waals surface area contributed by atoms with Crippen molar-refractivity contribution in [3.8, 4) is 11.8 Å². The highest BCUT2D eigenvalue weighted by atomic mass is 35.5. The molecule has 0 radical (unpaired) electrons. The Bertz CT molecular complexity index is 1560. The molecule has 206 valence electrons. The first-order chi connectivity index (χ1) is 19.3. The minimum absolute atomic E-state index is 0.0534. The third kappa shape index (κ3) is 7.06. The molecule has 0 unspecified atom stereocenters. The predicted molar refractivity (Wildman–Crippen MR) is 160 cm³/mol. The standard InChI is InChI=1S/C31H33ClN6O2/c1-5-21-8-6-12-34-28(21)19-40-29-11-10-23(15-25(29)32)36-31-22(17-33)18-35-27-14-20(2)26(16-24(27)31)37-30(39)9-7-13-38(3)4/h6,8,10-12,14-16,18H,5,7,9,13,19H2,1-4H3,(H,35,36)(H,37,39). The summed E-state index contributed by atoms with van der Waals surface area (Å²) in [5.74, 6) is 0.484. The lowest BCUT2D eigenvalue weighted by atomic mass is 10.0. The van der Waals surface area contributed by atoms with Gasteiger partial charge in [0.1, 0.15) is 18.4 Å². The van der Waals surface area contributed by atoms with Crippen molar-refractivity contribution in [2.45, 2.75) is 39.7 Å². The molecular formula is C31H33ClN6O2. The van der Waals surface area contributed by atoms with E-state index in [2.05, 4.69) is 38.5 Å². The van der Waals surface area contributed by atoms with Crippen LogP contribution in [0.4, 0.5) is 17.1 Å². The van der Waals surface area contributed by atoms with Gasteiger partial charge in [0.25, 0.3) is 0 Å². The Morgan fingerprint density at radius 2 is 2.00 bits per heavy atom. The number of carbonyl (C=O) groups excluding carboxylic acids is 1. The number of halogens is 1. The van der Waals surface area contributed by atoms with Crippen LogP contribution in [-0.2, 0) is 17.8 Å². The Balaban J connectivity index is 1.57. The second kappa shape index (κ2) is 13.2. The van der Waals surface area contributed by atoms with Gasteiger partial charge in [-0.05, 0) is 87.9 Å². The number of hydrogen-bond donors (Lipinski definition) is 2. The number of aromatic nitrogens is 2. The zero-order valence-corrected chi connectivity index (χ0v) is 24.0. The summed E-state index contributed by atoms with van der Waals surface area (Å²) in [6, 6.07) is 15.3. The van der Waals surface area contributed by atoms with E-state index in [4.69, 9.17) is 16.3 Å². The van der Waals surface area contributed by atoms with Gasteiger partial charge in [0.15, 0.2) is 0 Å². The Hall–Kier alpha value is -4.19. The van der Waals surface area contributed by atoms with Crippen LogP contribution in [0.2, 0.25) is 5.02 Å². The Labute approximate surface area is 240 Å². The predicted octanol–water partition coefficient (Wildman–Crippen LogP) is 6.63. The van der Waals surface area contributed by atoms with Crippen LogP contribution < -0.4 is 15.4 Å². The average molecular weight is 557 g/mol. The van der Waals surface area contributed by atoms with Crippen molar-refractivity contribution in [1.29, 1.82) is 5.26 Å². The van der Waals surface area contributed by atoms with Gasteiger partial charge >= 0.3 is 0 Å². The topological polar surface area (TPSA) is 103 Å². The minimum Gasteiger partial charge on any atom is -0.486 e. The van der Waals surface area contributed by atoms with Gasteiger partial charge in [-0.15, -0.1) is 0 Å². The van der Waals surface area contributed by atoms with Crippen molar-refractivity contribution < 1.29 is 9.53 Å². The van der Waals surface area contributed by atoms with Crippen molar-refractivity contribution in [2.75, 3.05) is 31.3 Å². The molecule has 2 aromatic carbocycles. The van der Waals surface area contributed by atoms with Gasteiger partial charge < -0.3 is 20.3 Å². The monoisotopic (exact) mass is 556 g/mol. The van der Waals surface area contributed by atoms with Gasteiger partial charge in [-0.3, -0.25) is 14.8 Å². The van der Waals surface area contributed by atoms with Crippen LogP contribution in [-0.4, -0.2) is 41.4 Å². The SMILES string of the molecule is CCc1cccnc1COc1ccc(Nc2c(C#N)cnc3cc(C)c(NC(=O)CCCN(C)C)cc23)cc1Cl. The molecule has 0 aliphatic rings. The summed E-state index contributed by atoms with van der Waals surface area (Å²) in [7, 11) is 3.97. The molecule has 0 fully saturated rings. The number of hydrogen-bond acceptors (Lipinski definition) is 7. The van der Waals surface area contributed by atoms with Crippen LogP contribution in [0, 0.1) is 18.3 Å². The number of amides is 1. The maximum Gasteiger partial charge on any atom is 0.224 e. The molecule has 2 N–H and O–H groups in total. The summed E-state index contributed by atoms with van der Waals surface area (Å²) >= 11 is 6.58. The molecule has 40 heavy (non-hydrogen) atoms. The Morgan fingerprint density at radius 1 is 1.18 bits per heavy atom. The molecule has 8 nitrogen and oxygen atoms in total. The molecule has 4 rings (SSSR count). The summed E-state index contributed by atoms with van der Waals surface area (Å²) in [5.41, 5.74) is 5.93. The smallest absolute Gasteiger partial charge is 0.224 e. The molecule has 9 heteroatoms. The first-order valence-corrected chi connectivity index (χ1v) is 13.6. The van der Waals surface area contributed by atoms with Crippen molar-refractivity contribution >= 4 is 45.5 Å². The van der Waals surface area contributed by atoms with E-state index in [1.165, 1.54) is 0 Å². The highest BCUT2D eigenvalue weighted by molar-refractivity contribution is 6.32. The molecule has 1 amide bonds. The van der Waals surface area contributed by atoms with Crippen molar-refractivity contribution in [2.24, 2.45) is 0 Å². The fourth-order valence-electron chi connectivity index (χ4n) is 4.38. The van der Waals surface area contributed by atoms with Gasteiger partial charge in [-0.25, -0.2) is 0 Å². The number of anilines is 3. The average Bonchev–Trinajstić information content (AvgIpc) is 2.93. The van der Waals surface area contributed by atoms with E-state index in [-0.39, 0.29) is 5.91 Å². The molecule has 0 saturated carbocycles. The van der Waals surface area contributed by atoms with E-state index in [0.717, 1.165) is 36.2 Å². The molecular weight excluding hydrogens is 524 g/mol. The quantitative estimate of drug-likeness (QED) is 0.214. The second-order valence-corrected chi connectivity index (χ2v) is 10.2. The number of rotatable bonds is 11. The largest absolute Gasteiger partial charge is 0.486 e.